The first-order valence-corrected chi connectivity index (χ1v) is 14.8. The van der Waals surface area contributed by atoms with E-state index in [1.165, 1.54) is 0 Å². The summed E-state index contributed by atoms with van der Waals surface area (Å²) >= 11 is 12.3. The van der Waals surface area contributed by atoms with E-state index >= 15 is 0 Å². The van der Waals surface area contributed by atoms with Crippen LogP contribution in [0.2, 0.25) is 10.0 Å². The fraction of sp³-hybridized carbons (Fsp3) is 0.294. The molecule has 0 unspecified atom stereocenters. The van der Waals surface area contributed by atoms with Crippen LogP contribution < -0.4 is 4.74 Å². The number of aromatic nitrogens is 1. The molecule has 0 N–H and O–H groups in total. The lowest BCUT2D eigenvalue weighted by Gasteiger charge is -2.29. The molecule has 1 aromatic heterocycles. The van der Waals surface area contributed by atoms with E-state index in [1.807, 2.05) is 71.8 Å². The van der Waals surface area contributed by atoms with Gasteiger partial charge < -0.3 is 19.1 Å². The number of ether oxygens (including phenoxy) is 1. The summed E-state index contributed by atoms with van der Waals surface area (Å²) in [7, 11) is 1.66. The van der Waals surface area contributed by atoms with Gasteiger partial charge in [0.2, 0.25) is 5.91 Å². The van der Waals surface area contributed by atoms with Crippen molar-refractivity contribution in [2.24, 2.45) is 5.92 Å². The second kappa shape index (κ2) is 14.9. The molecule has 3 aromatic carbocycles. The number of hydrogen-bond acceptors (Lipinski definition) is 3. The molecule has 220 valence electrons. The summed E-state index contributed by atoms with van der Waals surface area (Å²) in [5.41, 5.74) is 3.51. The number of carbonyl (C=O) groups is 2. The fourth-order valence-corrected chi connectivity index (χ4v) is 4.99. The van der Waals surface area contributed by atoms with E-state index in [-0.39, 0.29) is 18.4 Å². The van der Waals surface area contributed by atoms with Gasteiger partial charge in [-0.1, -0.05) is 79.5 Å². The Morgan fingerprint density at radius 1 is 0.833 bits per heavy atom. The van der Waals surface area contributed by atoms with Crippen molar-refractivity contribution < 1.29 is 14.3 Å². The molecule has 0 saturated heterocycles. The molecular formula is C34H37Cl2N3O3. The Bertz CT molecular complexity index is 1490. The highest BCUT2D eigenvalue weighted by atomic mass is 35.5. The number of amides is 2. The smallest absolute Gasteiger partial charge is 0.254 e. The van der Waals surface area contributed by atoms with Gasteiger partial charge in [0.25, 0.3) is 5.91 Å². The van der Waals surface area contributed by atoms with Crippen LogP contribution in [0.3, 0.4) is 0 Å². The SMILES string of the molecule is COc1cccc(Cn2cccc2CN(Cc2ccccc2)C(=O)CN(CCC(C)C)C(=O)c2ccc(Cl)c(Cl)c2)c1. The fourth-order valence-electron chi connectivity index (χ4n) is 4.69. The maximum Gasteiger partial charge on any atom is 0.254 e. The Balaban J connectivity index is 1.58. The van der Waals surface area contributed by atoms with Crippen molar-refractivity contribution in [3.63, 3.8) is 0 Å². The standard InChI is InChI=1S/C34H37Cl2N3O3/c1-25(2)16-18-38(34(41)28-14-15-31(35)32(36)20-28)24-33(40)39(21-26-9-5-4-6-10-26)23-29-12-8-17-37(29)22-27-11-7-13-30(19-27)42-3/h4-15,17,19-20,25H,16,18,21-24H2,1-3H3. The third-order valence-corrected chi connectivity index (χ3v) is 7.83. The number of methoxy groups -OCH3 is 1. The molecule has 0 radical (unpaired) electrons. The van der Waals surface area contributed by atoms with Gasteiger partial charge in [-0.3, -0.25) is 9.59 Å². The topological polar surface area (TPSA) is 54.8 Å². The van der Waals surface area contributed by atoms with E-state index in [0.717, 1.165) is 29.0 Å². The number of halogens is 2. The van der Waals surface area contributed by atoms with Crippen LogP contribution in [0.5, 0.6) is 5.75 Å². The largest absolute Gasteiger partial charge is 0.497 e. The zero-order chi connectivity index (χ0) is 30.1. The summed E-state index contributed by atoms with van der Waals surface area (Å²) in [4.78, 5) is 31.0. The summed E-state index contributed by atoms with van der Waals surface area (Å²) in [6.45, 7) is 6.06. The van der Waals surface area contributed by atoms with Gasteiger partial charge in [-0.15, -0.1) is 0 Å². The van der Waals surface area contributed by atoms with Crippen molar-refractivity contribution in [2.45, 2.75) is 39.9 Å². The number of benzene rings is 3. The van der Waals surface area contributed by atoms with Gasteiger partial charge in [0.05, 0.1) is 23.7 Å². The van der Waals surface area contributed by atoms with Crippen LogP contribution >= 0.6 is 23.2 Å². The van der Waals surface area contributed by atoms with Gasteiger partial charge in [-0.05, 0) is 65.9 Å². The average molecular weight is 607 g/mol. The zero-order valence-electron chi connectivity index (χ0n) is 24.3. The number of hydrogen-bond donors (Lipinski definition) is 0. The predicted molar refractivity (Wildman–Crippen MR) is 169 cm³/mol. The summed E-state index contributed by atoms with van der Waals surface area (Å²) in [5.74, 6) is 0.786. The van der Waals surface area contributed by atoms with Crippen molar-refractivity contribution in [1.82, 2.24) is 14.4 Å². The van der Waals surface area contributed by atoms with Crippen LogP contribution in [-0.2, 0) is 24.4 Å². The molecule has 4 aromatic rings. The summed E-state index contributed by atoms with van der Waals surface area (Å²) in [6.07, 6.45) is 2.78. The number of nitrogens with zero attached hydrogens (tertiary/aromatic N) is 3. The van der Waals surface area contributed by atoms with Crippen LogP contribution in [0.1, 0.15) is 47.4 Å². The van der Waals surface area contributed by atoms with Crippen molar-refractivity contribution in [2.75, 3.05) is 20.2 Å². The van der Waals surface area contributed by atoms with Gasteiger partial charge >= 0.3 is 0 Å². The van der Waals surface area contributed by atoms with Crippen LogP contribution in [-0.4, -0.2) is 46.4 Å². The minimum atomic E-state index is -0.247. The monoisotopic (exact) mass is 605 g/mol. The van der Waals surface area contributed by atoms with Gasteiger partial charge in [-0.25, -0.2) is 0 Å². The number of rotatable bonds is 13. The molecule has 0 aliphatic heterocycles. The van der Waals surface area contributed by atoms with Gasteiger partial charge in [0, 0.05) is 37.1 Å². The van der Waals surface area contributed by atoms with Crippen LogP contribution in [0.25, 0.3) is 0 Å². The minimum absolute atomic E-state index is 0.0464. The van der Waals surface area contributed by atoms with Crippen LogP contribution in [0.4, 0.5) is 0 Å². The Morgan fingerprint density at radius 2 is 1.60 bits per heavy atom. The van der Waals surface area contributed by atoms with E-state index in [2.05, 4.69) is 24.5 Å². The van der Waals surface area contributed by atoms with Crippen molar-refractivity contribution in [1.29, 1.82) is 0 Å². The van der Waals surface area contributed by atoms with Gasteiger partial charge in [0.15, 0.2) is 0 Å². The van der Waals surface area contributed by atoms with E-state index in [9.17, 15) is 9.59 Å². The van der Waals surface area contributed by atoms with Crippen molar-refractivity contribution in [3.05, 3.63) is 124 Å². The second-order valence-corrected chi connectivity index (χ2v) is 11.6. The quantitative estimate of drug-likeness (QED) is 0.158. The highest BCUT2D eigenvalue weighted by molar-refractivity contribution is 6.42. The first-order chi connectivity index (χ1) is 20.2. The normalized spacial score (nSPS) is 11.0. The summed E-state index contributed by atoms with van der Waals surface area (Å²) in [6, 6.07) is 26.7. The lowest BCUT2D eigenvalue weighted by atomic mass is 10.1. The molecule has 8 heteroatoms. The second-order valence-electron chi connectivity index (χ2n) is 10.8. The maximum absolute atomic E-state index is 14.0. The highest BCUT2D eigenvalue weighted by Crippen LogP contribution is 2.24. The van der Waals surface area contributed by atoms with Crippen molar-refractivity contribution >= 4 is 35.0 Å². The molecule has 0 fully saturated rings. The molecule has 0 bridgehead atoms. The summed E-state index contributed by atoms with van der Waals surface area (Å²) < 4.78 is 7.53. The molecule has 0 spiro atoms. The van der Waals surface area contributed by atoms with E-state index in [0.29, 0.717) is 47.7 Å². The van der Waals surface area contributed by atoms with Gasteiger partial charge in [-0.2, -0.15) is 0 Å². The lowest BCUT2D eigenvalue weighted by molar-refractivity contribution is -0.133. The molecule has 0 saturated carbocycles. The minimum Gasteiger partial charge on any atom is -0.497 e. The predicted octanol–water partition coefficient (Wildman–Crippen LogP) is 7.57. The van der Waals surface area contributed by atoms with E-state index < -0.39 is 0 Å². The Hall–Kier alpha value is -3.74. The Kier molecular flexibility index (Phi) is 11.1. The first kappa shape index (κ1) is 31.2. The molecule has 42 heavy (non-hydrogen) atoms. The third kappa shape index (κ3) is 8.63. The molecule has 0 aliphatic rings. The molecule has 0 atom stereocenters. The Morgan fingerprint density at radius 3 is 2.31 bits per heavy atom. The molecule has 2 amide bonds. The van der Waals surface area contributed by atoms with Crippen molar-refractivity contribution in [3.8, 4) is 5.75 Å². The molecule has 1 heterocycles. The zero-order valence-corrected chi connectivity index (χ0v) is 25.8. The van der Waals surface area contributed by atoms with E-state index in [1.54, 1.807) is 30.2 Å². The van der Waals surface area contributed by atoms with Gasteiger partial charge in [0.1, 0.15) is 12.3 Å². The molecule has 4 rings (SSSR count). The van der Waals surface area contributed by atoms with Crippen LogP contribution in [0.15, 0.2) is 91.1 Å². The first-order valence-electron chi connectivity index (χ1n) is 14.1. The Labute approximate surface area is 258 Å². The third-order valence-electron chi connectivity index (χ3n) is 7.09. The average Bonchev–Trinajstić information content (AvgIpc) is 3.42. The highest BCUT2D eigenvalue weighted by Gasteiger charge is 2.24. The molecular weight excluding hydrogens is 569 g/mol. The molecule has 0 aliphatic carbocycles. The molecule has 6 nitrogen and oxygen atoms in total. The maximum atomic E-state index is 14.0. The van der Waals surface area contributed by atoms with E-state index in [4.69, 9.17) is 27.9 Å². The van der Waals surface area contributed by atoms with Crippen LogP contribution in [0, 0.1) is 5.92 Å². The lowest BCUT2D eigenvalue weighted by Crippen LogP contribution is -2.43. The summed E-state index contributed by atoms with van der Waals surface area (Å²) in [5, 5.41) is 0.684. The number of carbonyl (C=O) groups excluding carboxylic acids is 2.